The van der Waals surface area contributed by atoms with Gasteiger partial charge >= 0.3 is 0 Å². The topological polar surface area (TPSA) is 65.9 Å². The molecule has 0 aliphatic heterocycles. The van der Waals surface area contributed by atoms with Crippen LogP contribution in [-0.4, -0.2) is 21.2 Å². The molecule has 0 N–H and O–H groups in total. The van der Waals surface area contributed by atoms with Gasteiger partial charge in [0.15, 0.2) is 0 Å². The van der Waals surface area contributed by atoms with Crippen LogP contribution in [0, 0.1) is 13.8 Å². The summed E-state index contributed by atoms with van der Waals surface area (Å²) in [6, 6.07) is 6.33. The van der Waals surface area contributed by atoms with Crippen molar-refractivity contribution < 1.29 is 9.90 Å². The summed E-state index contributed by atoms with van der Waals surface area (Å²) in [5.74, 6) is -1.06. The Balaban J connectivity index is 2.13. The number of nitrogens with zero attached hydrogens (tertiary/aromatic N) is 2. The Labute approximate surface area is 149 Å². The van der Waals surface area contributed by atoms with E-state index in [0.717, 1.165) is 21.3 Å². The number of carboxylic acids is 1. The van der Waals surface area contributed by atoms with E-state index >= 15 is 0 Å². The van der Waals surface area contributed by atoms with Crippen LogP contribution in [-0.2, 0) is 4.79 Å². The number of thioether (sulfide) groups is 1. The highest BCUT2D eigenvalue weighted by Gasteiger charge is 2.17. The van der Waals surface area contributed by atoms with Crippen LogP contribution in [0.25, 0.3) is 21.3 Å². The standard InChI is InChI=1S/C18H18N2O2S2/c1-4-14(18(21)22)24-17-15-13(8-23-16(15)19-9-20-17)12-6-5-10(2)11(3)7-12/h5-9,14H,4H2,1-3H3,(H,21,22)/p-1/t14-/m1/s1. The number of thiophene rings is 1. The second-order valence-corrected chi connectivity index (χ2v) is 7.69. The van der Waals surface area contributed by atoms with Crippen LogP contribution in [0.3, 0.4) is 0 Å². The molecule has 3 rings (SSSR count). The maximum Gasteiger partial charge on any atom is 0.128 e. The Morgan fingerprint density at radius 3 is 2.75 bits per heavy atom. The van der Waals surface area contributed by atoms with E-state index in [1.807, 2.05) is 6.92 Å². The number of hydrogen-bond donors (Lipinski definition) is 0. The Morgan fingerprint density at radius 1 is 1.29 bits per heavy atom. The van der Waals surface area contributed by atoms with E-state index in [0.29, 0.717) is 11.4 Å². The molecule has 0 unspecified atom stereocenters. The highest BCUT2D eigenvalue weighted by molar-refractivity contribution is 8.00. The second kappa shape index (κ2) is 6.91. The number of aryl methyl sites for hydroxylation is 2. The Kier molecular flexibility index (Phi) is 4.87. The van der Waals surface area contributed by atoms with Gasteiger partial charge in [-0.15, -0.1) is 11.3 Å². The molecule has 124 valence electrons. The lowest BCUT2D eigenvalue weighted by Crippen LogP contribution is -2.33. The summed E-state index contributed by atoms with van der Waals surface area (Å²) in [4.78, 5) is 20.8. The molecule has 6 heteroatoms. The van der Waals surface area contributed by atoms with Gasteiger partial charge in [0, 0.05) is 10.9 Å². The van der Waals surface area contributed by atoms with Crippen LogP contribution in [0.1, 0.15) is 24.5 Å². The minimum atomic E-state index is -1.06. The largest absolute Gasteiger partial charge is 0.549 e. The molecule has 1 atom stereocenters. The summed E-state index contributed by atoms with van der Waals surface area (Å²) in [5, 5.41) is 14.3. The Bertz CT molecular complexity index is 905. The molecule has 0 spiro atoms. The van der Waals surface area contributed by atoms with Crippen molar-refractivity contribution in [1.29, 1.82) is 0 Å². The fourth-order valence-electron chi connectivity index (χ4n) is 2.49. The molecule has 1 aromatic carbocycles. The predicted octanol–water partition coefficient (Wildman–Crippen LogP) is 3.60. The van der Waals surface area contributed by atoms with Gasteiger partial charge in [0.2, 0.25) is 0 Å². The number of carboxylic acid groups (broad SMARTS) is 1. The second-order valence-electron chi connectivity index (χ2n) is 5.64. The lowest BCUT2D eigenvalue weighted by Gasteiger charge is -2.15. The molecule has 0 bridgehead atoms. The van der Waals surface area contributed by atoms with E-state index in [4.69, 9.17) is 0 Å². The molecule has 4 nitrogen and oxygen atoms in total. The van der Waals surface area contributed by atoms with Crippen molar-refractivity contribution in [1.82, 2.24) is 9.97 Å². The fraction of sp³-hybridized carbons (Fsp3) is 0.278. The first-order chi connectivity index (χ1) is 11.5. The molecule has 0 saturated carbocycles. The zero-order valence-electron chi connectivity index (χ0n) is 13.7. The van der Waals surface area contributed by atoms with Crippen LogP contribution in [0.4, 0.5) is 0 Å². The van der Waals surface area contributed by atoms with Crippen LogP contribution in [0.5, 0.6) is 0 Å². The molecular formula is C18H17N2O2S2-. The zero-order valence-corrected chi connectivity index (χ0v) is 15.3. The highest BCUT2D eigenvalue weighted by Crippen LogP contribution is 2.39. The highest BCUT2D eigenvalue weighted by atomic mass is 32.2. The average Bonchev–Trinajstić information content (AvgIpc) is 2.99. The van der Waals surface area contributed by atoms with E-state index in [9.17, 15) is 9.90 Å². The maximum atomic E-state index is 11.3. The van der Waals surface area contributed by atoms with Gasteiger partial charge in [-0.2, -0.15) is 0 Å². The van der Waals surface area contributed by atoms with Crippen molar-refractivity contribution in [3.05, 3.63) is 41.0 Å². The number of benzene rings is 1. The van der Waals surface area contributed by atoms with E-state index in [1.165, 1.54) is 29.2 Å². The fourth-order valence-corrected chi connectivity index (χ4v) is 4.44. The van der Waals surface area contributed by atoms with E-state index in [2.05, 4.69) is 47.4 Å². The summed E-state index contributed by atoms with van der Waals surface area (Å²) in [7, 11) is 0. The van der Waals surface area contributed by atoms with Gasteiger partial charge in [-0.3, -0.25) is 0 Å². The molecule has 0 aliphatic rings. The third-order valence-electron chi connectivity index (χ3n) is 4.04. The normalized spacial score (nSPS) is 12.5. The number of hydrogen-bond acceptors (Lipinski definition) is 6. The van der Waals surface area contributed by atoms with Crippen molar-refractivity contribution in [2.75, 3.05) is 0 Å². The average molecular weight is 357 g/mol. The van der Waals surface area contributed by atoms with Gasteiger partial charge in [-0.25, -0.2) is 9.97 Å². The SMILES string of the molecule is CC[C@@H](Sc1ncnc2scc(-c3ccc(C)c(C)c3)c12)C(=O)[O-]. The summed E-state index contributed by atoms with van der Waals surface area (Å²) < 4.78 is 0. The maximum absolute atomic E-state index is 11.3. The molecule has 0 fully saturated rings. The zero-order chi connectivity index (χ0) is 17.3. The molecule has 0 radical (unpaired) electrons. The lowest BCUT2D eigenvalue weighted by atomic mass is 10.0. The smallest absolute Gasteiger partial charge is 0.128 e. The number of rotatable bonds is 5. The van der Waals surface area contributed by atoms with Crippen LogP contribution in [0.2, 0.25) is 0 Å². The monoisotopic (exact) mass is 357 g/mol. The van der Waals surface area contributed by atoms with E-state index < -0.39 is 11.2 Å². The van der Waals surface area contributed by atoms with Gasteiger partial charge in [-0.05, 0) is 37.0 Å². The van der Waals surface area contributed by atoms with Crippen molar-refractivity contribution in [2.24, 2.45) is 0 Å². The number of carbonyl (C=O) groups is 1. The molecule has 2 aromatic heterocycles. The quantitative estimate of drug-likeness (QED) is 0.516. The summed E-state index contributed by atoms with van der Waals surface area (Å²) in [5.41, 5.74) is 4.61. The van der Waals surface area contributed by atoms with Crippen molar-refractivity contribution in [2.45, 2.75) is 37.5 Å². The predicted molar refractivity (Wildman–Crippen MR) is 97.3 cm³/mol. The van der Waals surface area contributed by atoms with Gasteiger partial charge in [0.05, 0.1) is 16.6 Å². The number of fused-ring (bicyclic) bond motifs is 1. The summed E-state index contributed by atoms with van der Waals surface area (Å²) >= 11 is 2.79. The lowest BCUT2D eigenvalue weighted by molar-refractivity contribution is -0.304. The van der Waals surface area contributed by atoms with Crippen LogP contribution < -0.4 is 5.11 Å². The summed E-state index contributed by atoms with van der Waals surface area (Å²) in [6.45, 7) is 6.01. The molecule has 24 heavy (non-hydrogen) atoms. The van der Waals surface area contributed by atoms with E-state index in [-0.39, 0.29) is 0 Å². The van der Waals surface area contributed by atoms with Gasteiger partial charge in [-0.1, -0.05) is 36.9 Å². The van der Waals surface area contributed by atoms with Gasteiger partial charge < -0.3 is 9.90 Å². The van der Waals surface area contributed by atoms with E-state index in [1.54, 1.807) is 11.3 Å². The number of aliphatic carboxylic acids is 1. The number of carbonyl (C=O) groups excluding carboxylic acids is 1. The van der Waals surface area contributed by atoms with Crippen LogP contribution >= 0.6 is 23.1 Å². The first-order valence-corrected chi connectivity index (χ1v) is 9.44. The Hall–Kier alpha value is -1.92. The first-order valence-electron chi connectivity index (χ1n) is 7.68. The molecule has 0 amide bonds. The minimum Gasteiger partial charge on any atom is -0.549 e. The Morgan fingerprint density at radius 2 is 2.08 bits per heavy atom. The van der Waals surface area contributed by atoms with Gasteiger partial charge in [0.25, 0.3) is 0 Å². The third-order valence-corrected chi connectivity index (χ3v) is 6.27. The van der Waals surface area contributed by atoms with Gasteiger partial charge in [0.1, 0.15) is 16.2 Å². The third kappa shape index (κ3) is 3.16. The summed E-state index contributed by atoms with van der Waals surface area (Å²) in [6.07, 6.45) is 1.98. The molecule has 0 saturated heterocycles. The van der Waals surface area contributed by atoms with Crippen molar-refractivity contribution >= 4 is 39.3 Å². The van der Waals surface area contributed by atoms with Crippen molar-refractivity contribution in [3.63, 3.8) is 0 Å². The molecule has 3 aromatic rings. The molecule has 0 aliphatic carbocycles. The molecule has 2 heterocycles. The number of aromatic nitrogens is 2. The van der Waals surface area contributed by atoms with Crippen molar-refractivity contribution in [3.8, 4) is 11.1 Å². The van der Waals surface area contributed by atoms with Crippen LogP contribution in [0.15, 0.2) is 34.9 Å². The molecular weight excluding hydrogens is 340 g/mol. The minimum absolute atomic E-state index is 0.488. The first kappa shape index (κ1) is 16.9.